The maximum absolute atomic E-state index is 12.6. The smallest absolute Gasteiger partial charge is 0.340 e. The average molecular weight is 553 g/mol. The number of benzene rings is 1. The first-order chi connectivity index (χ1) is 19.2. The number of pyridine rings is 1. The Kier molecular flexibility index (Phi) is 6.95. The molecule has 1 aliphatic carbocycles. The summed E-state index contributed by atoms with van der Waals surface area (Å²) in [5.41, 5.74) is 4.88. The number of imidazole rings is 1. The predicted octanol–water partition coefficient (Wildman–Crippen LogP) is 5.13. The van der Waals surface area contributed by atoms with Crippen molar-refractivity contribution in [1.29, 1.82) is 0 Å². The molecule has 6 rings (SSSR count). The number of nitrogens with zero attached hydrogens (tertiary/aromatic N) is 6. The largest absolute Gasteiger partial charge is 0.397 e. The van der Waals surface area contributed by atoms with Gasteiger partial charge in [-0.1, -0.05) is 6.07 Å². The Bertz CT molecular complexity index is 1500. The monoisotopic (exact) mass is 552 g/mol. The lowest BCUT2D eigenvalue weighted by molar-refractivity contribution is -0.162. The van der Waals surface area contributed by atoms with E-state index in [1.54, 1.807) is 6.20 Å². The molecule has 1 saturated heterocycles. The topological polar surface area (TPSA) is 95.0 Å². The van der Waals surface area contributed by atoms with Crippen molar-refractivity contribution < 1.29 is 18.0 Å². The van der Waals surface area contributed by atoms with Crippen LogP contribution in [0.2, 0.25) is 0 Å². The van der Waals surface area contributed by atoms with Gasteiger partial charge in [-0.05, 0) is 61.1 Å². The highest BCUT2D eigenvalue weighted by atomic mass is 19.4. The number of amides is 1. The number of carbonyl (C=O) groups excluding carboxylic acids is 1. The van der Waals surface area contributed by atoms with Gasteiger partial charge in [0.1, 0.15) is 12.2 Å². The predicted molar refractivity (Wildman–Crippen MR) is 145 cm³/mol. The van der Waals surface area contributed by atoms with Crippen LogP contribution in [-0.4, -0.2) is 72.8 Å². The summed E-state index contributed by atoms with van der Waals surface area (Å²) in [4.78, 5) is 27.8. The summed E-state index contributed by atoms with van der Waals surface area (Å²) in [6, 6.07) is 9.96. The van der Waals surface area contributed by atoms with Crippen molar-refractivity contribution in [1.82, 2.24) is 34.5 Å². The number of anilines is 2. The SMILES string of the molecule is CC(c1ccnc(Nc2nc3ccc(-c4cnn(CC5CC5)c4)cc3[nH]2)c1)N1CCN(C(=O)CC(F)(F)F)CC1. The molecule has 1 aliphatic heterocycles. The fraction of sp³-hybridized carbons (Fsp3) is 0.429. The first-order valence-corrected chi connectivity index (χ1v) is 13.5. The van der Waals surface area contributed by atoms with E-state index in [-0.39, 0.29) is 19.1 Å². The minimum absolute atomic E-state index is 0.00230. The molecular formula is C28H31F3N8O. The molecule has 0 spiro atoms. The summed E-state index contributed by atoms with van der Waals surface area (Å²) in [6.45, 7) is 4.57. The Morgan fingerprint density at radius 1 is 1.12 bits per heavy atom. The molecule has 4 aromatic rings. The van der Waals surface area contributed by atoms with Crippen LogP contribution in [-0.2, 0) is 11.3 Å². The second kappa shape index (κ2) is 10.6. The highest BCUT2D eigenvalue weighted by Crippen LogP contribution is 2.31. The first kappa shape index (κ1) is 26.3. The number of rotatable bonds is 8. The second-order valence-corrected chi connectivity index (χ2v) is 10.7. The summed E-state index contributed by atoms with van der Waals surface area (Å²) < 4.78 is 39.8. The van der Waals surface area contributed by atoms with E-state index in [2.05, 4.69) is 42.5 Å². The van der Waals surface area contributed by atoms with Crippen molar-refractivity contribution in [3.63, 3.8) is 0 Å². The molecule has 2 N–H and O–H groups in total. The van der Waals surface area contributed by atoms with E-state index >= 15 is 0 Å². The lowest BCUT2D eigenvalue weighted by Crippen LogP contribution is -2.50. The van der Waals surface area contributed by atoms with Crippen LogP contribution in [0.4, 0.5) is 24.9 Å². The standard InChI is InChI=1S/C28H31F3N8O/c1-18(37-8-10-38(11-9-37)26(40)14-28(29,30)31)20-6-7-32-25(13-20)36-27-34-23-5-4-21(12-24(23)35-27)22-15-33-39(17-22)16-19-2-3-19/h4-7,12-13,15,17-19H,2-3,8-11,14,16H2,1H3,(H2,32,34,35,36). The van der Waals surface area contributed by atoms with Crippen LogP contribution in [0.1, 0.15) is 37.8 Å². The molecule has 40 heavy (non-hydrogen) atoms. The highest BCUT2D eigenvalue weighted by Gasteiger charge is 2.35. The molecule has 2 fully saturated rings. The molecule has 4 heterocycles. The summed E-state index contributed by atoms with van der Waals surface area (Å²) in [5.74, 6) is 1.10. The second-order valence-electron chi connectivity index (χ2n) is 10.7. The third-order valence-corrected chi connectivity index (χ3v) is 7.67. The van der Waals surface area contributed by atoms with Crippen molar-refractivity contribution in [2.45, 2.75) is 44.9 Å². The summed E-state index contributed by atoms with van der Waals surface area (Å²) in [6.07, 6.45) is 2.39. The van der Waals surface area contributed by atoms with Crippen molar-refractivity contribution in [2.24, 2.45) is 5.92 Å². The van der Waals surface area contributed by atoms with Gasteiger partial charge in [-0.3, -0.25) is 14.4 Å². The normalized spacial score (nSPS) is 17.4. The van der Waals surface area contributed by atoms with Crippen molar-refractivity contribution >= 4 is 28.7 Å². The molecule has 12 heteroatoms. The van der Waals surface area contributed by atoms with E-state index < -0.39 is 18.5 Å². The number of hydrogen-bond acceptors (Lipinski definition) is 6. The number of hydrogen-bond donors (Lipinski definition) is 2. The Hall–Kier alpha value is -3.93. The van der Waals surface area contributed by atoms with Gasteiger partial charge in [0.2, 0.25) is 11.9 Å². The number of piperazine rings is 1. The maximum Gasteiger partial charge on any atom is 0.397 e. The number of fused-ring (bicyclic) bond motifs is 1. The number of alkyl halides is 3. The van der Waals surface area contributed by atoms with E-state index in [0.717, 1.165) is 40.2 Å². The van der Waals surface area contributed by atoms with E-state index in [1.165, 1.54) is 17.7 Å². The molecule has 1 saturated carbocycles. The Morgan fingerprint density at radius 3 is 2.67 bits per heavy atom. The molecule has 0 bridgehead atoms. The number of aromatic nitrogens is 5. The van der Waals surface area contributed by atoms with E-state index in [1.807, 2.05) is 42.1 Å². The molecule has 3 aromatic heterocycles. The lowest BCUT2D eigenvalue weighted by atomic mass is 10.1. The molecule has 210 valence electrons. The first-order valence-electron chi connectivity index (χ1n) is 13.5. The third-order valence-electron chi connectivity index (χ3n) is 7.67. The van der Waals surface area contributed by atoms with E-state index in [0.29, 0.717) is 24.9 Å². The molecular weight excluding hydrogens is 521 g/mol. The van der Waals surface area contributed by atoms with Gasteiger partial charge in [0, 0.05) is 56.7 Å². The molecule has 1 amide bonds. The van der Waals surface area contributed by atoms with E-state index in [9.17, 15) is 18.0 Å². The zero-order valence-corrected chi connectivity index (χ0v) is 22.2. The van der Waals surface area contributed by atoms with Crippen LogP contribution in [0.25, 0.3) is 22.2 Å². The Labute approximate surface area is 229 Å². The van der Waals surface area contributed by atoms with Crippen molar-refractivity contribution in [3.05, 3.63) is 54.5 Å². The number of H-pyrrole nitrogens is 1. The quantitative estimate of drug-likeness (QED) is 0.315. The van der Waals surface area contributed by atoms with Gasteiger partial charge in [-0.25, -0.2) is 9.97 Å². The van der Waals surface area contributed by atoms with Gasteiger partial charge in [0.25, 0.3) is 0 Å². The molecule has 2 aliphatic rings. The number of aromatic amines is 1. The van der Waals surface area contributed by atoms with Crippen LogP contribution in [0.5, 0.6) is 0 Å². The average Bonchev–Trinajstić information content (AvgIpc) is 3.46. The maximum atomic E-state index is 12.6. The van der Waals surface area contributed by atoms with Crippen molar-refractivity contribution in [3.8, 4) is 11.1 Å². The number of halogens is 3. The van der Waals surface area contributed by atoms with Gasteiger partial charge < -0.3 is 15.2 Å². The fourth-order valence-corrected chi connectivity index (χ4v) is 5.17. The van der Waals surface area contributed by atoms with Crippen LogP contribution in [0.3, 0.4) is 0 Å². The van der Waals surface area contributed by atoms with Crippen molar-refractivity contribution in [2.75, 3.05) is 31.5 Å². The van der Waals surface area contributed by atoms with E-state index in [4.69, 9.17) is 0 Å². The summed E-state index contributed by atoms with van der Waals surface area (Å²) in [7, 11) is 0. The third kappa shape index (κ3) is 6.11. The lowest BCUT2D eigenvalue weighted by Gasteiger charge is -2.38. The highest BCUT2D eigenvalue weighted by molar-refractivity contribution is 5.83. The van der Waals surface area contributed by atoms with Gasteiger partial charge in [0.15, 0.2) is 0 Å². The zero-order valence-electron chi connectivity index (χ0n) is 22.2. The van der Waals surface area contributed by atoms with Crippen LogP contribution < -0.4 is 5.32 Å². The number of carbonyl (C=O) groups is 1. The van der Waals surface area contributed by atoms with Gasteiger partial charge in [-0.15, -0.1) is 0 Å². The molecule has 9 nitrogen and oxygen atoms in total. The molecule has 1 aromatic carbocycles. The minimum atomic E-state index is -4.48. The minimum Gasteiger partial charge on any atom is -0.340 e. The van der Waals surface area contributed by atoms with Gasteiger partial charge in [0.05, 0.1) is 17.2 Å². The van der Waals surface area contributed by atoms with Crippen LogP contribution >= 0.6 is 0 Å². The molecule has 1 atom stereocenters. The number of nitrogens with one attached hydrogen (secondary N) is 2. The van der Waals surface area contributed by atoms with Crippen LogP contribution in [0.15, 0.2) is 48.9 Å². The molecule has 0 radical (unpaired) electrons. The fourth-order valence-electron chi connectivity index (χ4n) is 5.17. The Morgan fingerprint density at radius 2 is 1.93 bits per heavy atom. The van der Waals surface area contributed by atoms with Gasteiger partial charge in [-0.2, -0.15) is 18.3 Å². The molecule has 1 unspecified atom stereocenters. The summed E-state index contributed by atoms with van der Waals surface area (Å²) in [5, 5.41) is 7.76. The summed E-state index contributed by atoms with van der Waals surface area (Å²) >= 11 is 0. The van der Waals surface area contributed by atoms with Crippen LogP contribution in [0, 0.1) is 5.92 Å². The van der Waals surface area contributed by atoms with Gasteiger partial charge >= 0.3 is 6.18 Å². The zero-order chi connectivity index (χ0) is 27.9. The Balaban J connectivity index is 1.09.